The molecule has 3 rings (SSSR count). The summed E-state index contributed by atoms with van der Waals surface area (Å²) >= 11 is 4.27. The molecule has 2 N–H and O–H groups in total. The molecule has 25 heavy (non-hydrogen) atoms. The van der Waals surface area contributed by atoms with Crippen LogP contribution in [0.5, 0.6) is 11.5 Å². The van der Waals surface area contributed by atoms with E-state index in [2.05, 4.69) is 22.9 Å². The Hall–Kier alpha value is -2.48. The van der Waals surface area contributed by atoms with E-state index in [9.17, 15) is 14.7 Å². The number of phenolic OH excluding ortho intramolecular Hbond substituents is 1. The molecule has 0 saturated heterocycles. The van der Waals surface area contributed by atoms with Crippen molar-refractivity contribution < 1.29 is 14.6 Å². The number of carbonyl (C=O) groups is 1. The number of nitrogens with zero attached hydrogens (tertiary/aromatic N) is 2. The summed E-state index contributed by atoms with van der Waals surface area (Å²) in [5.41, 5.74) is 0.802. The first-order chi connectivity index (χ1) is 11.8. The maximum atomic E-state index is 13.0. The van der Waals surface area contributed by atoms with Crippen LogP contribution < -0.4 is 15.6 Å². The van der Waals surface area contributed by atoms with Gasteiger partial charge in [-0.05, 0) is 31.5 Å². The molecule has 1 unspecified atom stereocenters. The van der Waals surface area contributed by atoms with E-state index < -0.39 is 5.92 Å². The van der Waals surface area contributed by atoms with E-state index in [1.54, 1.807) is 12.1 Å². The Morgan fingerprint density at radius 1 is 1.40 bits per heavy atom. The molecule has 0 bridgehead atoms. The number of phenols is 1. The molecule has 1 aromatic carbocycles. The maximum Gasteiger partial charge on any atom is 0.260 e. The summed E-state index contributed by atoms with van der Waals surface area (Å²) in [7, 11) is 1.46. The van der Waals surface area contributed by atoms with E-state index in [1.807, 2.05) is 13.8 Å². The molecule has 132 valence electrons. The van der Waals surface area contributed by atoms with Gasteiger partial charge in [0.05, 0.1) is 12.7 Å². The summed E-state index contributed by atoms with van der Waals surface area (Å²) in [5.74, 6) is -0.235. The van der Waals surface area contributed by atoms with Gasteiger partial charge in [0, 0.05) is 18.4 Å². The first-order valence-electron chi connectivity index (χ1n) is 7.85. The van der Waals surface area contributed by atoms with Gasteiger partial charge in [0.15, 0.2) is 16.7 Å². The van der Waals surface area contributed by atoms with Crippen molar-refractivity contribution in [2.45, 2.75) is 37.4 Å². The molecule has 1 amide bonds. The van der Waals surface area contributed by atoms with Crippen LogP contribution in [0, 0.1) is 0 Å². The lowest BCUT2D eigenvalue weighted by Gasteiger charge is -2.27. The molecule has 0 spiro atoms. The van der Waals surface area contributed by atoms with Gasteiger partial charge in [-0.3, -0.25) is 14.2 Å². The minimum absolute atomic E-state index is 0.0458. The largest absolute Gasteiger partial charge is 0.504 e. The van der Waals surface area contributed by atoms with Crippen molar-refractivity contribution in [2.24, 2.45) is 0 Å². The van der Waals surface area contributed by atoms with Gasteiger partial charge in [0.25, 0.3) is 5.56 Å². The van der Waals surface area contributed by atoms with Crippen LogP contribution in [-0.4, -0.2) is 27.7 Å². The molecule has 1 atom stereocenters. The van der Waals surface area contributed by atoms with Crippen LogP contribution in [0.2, 0.25) is 0 Å². The zero-order chi connectivity index (χ0) is 18.3. The van der Waals surface area contributed by atoms with E-state index in [0.29, 0.717) is 16.9 Å². The number of methoxy groups -OCH3 is 1. The minimum Gasteiger partial charge on any atom is -0.504 e. The predicted molar refractivity (Wildman–Crippen MR) is 95.9 cm³/mol. The summed E-state index contributed by atoms with van der Waals surface area (Å²) < 4.78 is 6.53. The number of hydrogen-bond donors (Lipinski definition) is 3. The monoisotopic (exact) mass is 361 g/mol. The Bertz CT molecular complexity index is 907. The number of nitrogens with one attached hydrogen (secondary N) is 1. The first-order valence-corrected chi connectivity index (χ1v) is 8.30. The predicted octanol–water partition coefficient (Wildman–Crippen LogP) is 2.30. The average Bonchev–Trinajstić information content (AvgIpc) is 2.53. The molecular weight excluding hydrogens is 342 g/mol. The number of aromatic hydroxyl groups is 1. The van der Waals surface area contributed by atoms with Crippen molar-refractivity contribution in [3.05, 3.63) is 39.7 Å². The number of fused-ring (bicyclic) bond motifs is 1. The lowest BCUT2D eigenvalue weighted by atomic mass is 9.86. The Labute approximate surface area is 150 Å². The first kappa shape index (κ1) is 17.3. The summed E-state index contributed by atoms with van der Waals surface area (Å²) in [5, 5.41) is 12.9. The Kier molecular flexibility index (Phi) is 4.47. The fourth-order valence-electron chi connectivity index (χ4n) is 3.09. The standard InChI is InChI=1S/C17H19N3O4S/c1-8(2)20-16(23)14-10(7-13(22)18-15(14)19-17(20)25)9-4-5-12(24-3)11(21)6-9/h4-6,8,10,21H,7H2,1-3H3,(H,18,22)(H,19,25). The second-order valence-corrected chi connectivity index (χ2v) is 6.58. The number of thiol groups is 1. The number of anilines is 1. The van der Waals surface area contributed by atoms with Crippen molar-refractivity contribution in [3.63, 3.8) is 0 Å². The molecule has 0 aliphatic carbocycles. The number of amides is 1. The van der Waals surface area contributed by atoms with Crippen LogP contribution in [0.3, 0.4) is 0 Å². The van der Waals surface area contributed by atoms with Gasteiger partial charge < -0.3 is 15.2 Å². The average molecular weight is 361 g/mol. The number of rotatable bonds is 3. The third-order valence-electron chi connectivity index (χ3n) is 4.25. The molecule has 1 aliphatic rings. The minimum atomic E-state index is -0.500. The van der Waals surface area contributed by atoms with Crippen molar-refractivity contribution in [2.75, 3.05) is 12.4 Å². The fourth-order valence-corrected chi connectivity index (χ4v) is 3.51. The number of carbonyl (C=O) groups excluding carboxylic acids is 1. The normalized spacial score (nSPS) is 16.5. The maximum absolute atomic E-state index is 13.0. The Morgan fingerprint density at radius 3 is 2.72 bits per heavy atom. The topological polar surface area (TPSA) is 93.5 Å². The molecule has 1 aliphatic heterocycles. The number of aromatic nitrogens is 2. The van der Waals surface area contributed by atoms with Gasteiger partial charge in [-0.1, -0.05) is 6.07 Å². The summed E-state index contributed by atoms with van der Waals surface area (Å²) in [6.45, 7) is 3.73. The van der Waals surface area contributed by atoms with Gasteiger partial charge >= 0.3 is 0 Å². The molecular formula is C17H19N3O4S. The highest BCUT2D eigenvalue weighted by atomic mass is 32.1. The van der Waals surface area contributed by atoms with Crippen molar-refractivity contribution >= 4 is 24.4 Å². The molecule has 8 heteroatoms. The summed E-state index contributed by atoms with van der Waals surface area (Å²) in [4.78, 5) is 29.4. The van der Waals surface area contributed by atoms with Crippen LogP contribution in [0.15, 0.2) is 28.2 Å². The highest BCUT2D eigenvalue weighted by Gasteiger charge is 2.32. The quantitative estimate of drug-likeness (QED) is 0.576. The fraction of sp³-hybridized carbons (Fsp3) is 0.353. The van der Waals surface area contributed by atoms with Crippen molar-refractivity contribution in [1.82, 2.24) is 9.55 Å². The van der Waals surface area contributed by atoms with Gasteiger partial charge in [-0.15, -0.1) is 12.6 Å². The highest BCUT2D eigenvalue weighted by molar-refractivity contribution is 7.80. The molecule has 1 aromatic heterocycles. The van der Waals surface area contributed by atoms with Gasteiger partial charge in [-0.25, -0.2) is 4.98 Å². The van der Waals surface area contributed by atoms with E-state index in [1.165, 1.54) is 17.7 Å². The lowest BCUT2D eigenvalue weighted by molar-refractivity contribution is -0.116. The van der Waals surface area contributed by atoms with E-state index in [4.69, 9.17) is 4.74 Å². The molecule has 0 saturated carbocycles. The summed E-state index contributed by atoms with van der Waals surface area (Å²) in [6, 6.07) is 4.73. The van der Waals surface area contributed by atoms with Crippen molar-refractivity contribution in [1.29, 1.82) is 0 Å². The Balaban J connectivity index is 2.22. The molecule has 7 nitrogen and oxygen atoms in total. The number of ether oxygens (including phenoxy) is 1. The van der Waals surface area contributed by atoms with E-state index in [0.717, 1.165) is 0 Å². The zero-order valence-corrected chi connectivity index (χ0v) is 15.0. The molecule has 0 fully saturated rings. The SMILES string of the molecule is COc1ccc(C2CC(=O)Nc3nc(S)n(C(C)C)c(=O)c32)cc1O. The lowest BCUT2D eigenvalue weighted by Crippen LogP contribution is -2.35. The number of benzene rings is 1. The van der Waals surface area contributed by atoms with Crippen LogP contribution in [0.4, 0.5) is 5.82 Å². The second-order valence-electron chi connectivity index (χ2n) is 6.18. The second kappa shape index (κ2) is 6.44. The number of hydrogen-bond acceptors (Lipinski definition) is 6. The van der Waals surface area contributed by atoms with Crippen molar-refractivity contribution in [3.8, 4) is 11.5 Å². The van der Waals surface area contributed by atoms with Crippen LogP contribution in [-0.2, 0) is 4.79 Å². The van der Waals surface area contributed by atoms with Gasteiger partial charge in [-0.2, -0.15) is 0 Å². The third kappa shape index (κ3) is 2.97. The van der Waals surface area contributed by atoms with Gasteiger partial charge in [0.2, 0.25) is 5.91 Å². The summed E-state index contributed by atoms with van der Waals surface area (Å²) in [6.07, 6.45) is 0.0969. The highest BCUT2D eigenvalue weighted by Crippen LogP contribution is 2.38. The van der Waals surface area contributed by atoms with E-state index in [-0.39, 0.29) is 40.7 Å². The van der Waals surface area contributed by atoms with Crippen LogP contribution >= 0.6 is 12.6 Å². The Morgan fingerprint density at radius 2 is 2.12 bits per heavy atom. The zero-order valence-electron chi connectivity index (χ0n) is 14.1. The smallest absolute Gasteiger partial charge is 0.260 e. The van der Waals surface area contributed by atoms with Gasteiger partial charge in [0.1, 0.15) is 5.82 Å². The van der Waals surface area contributed by atoms with Crippen LogP contribution in [0.1, 0.15) is 43.4 Å². The van der Waals surface area contributed by atoms with E-state index >= 15 is 0 Å². The molecule has 0 radical (unpaired) electrons. The molecule has 2 heterocycles. The molecule has 2 aromatic rings. The third-order valence-corrected chi connectivity index (χ3v) is 4.56. The van der Waals surface area contributed by atoms with Crippen LogP contribution in [0.25, 0.3) is 0 Å².